The van der Waals surface area contributed by atoms with Crippen LogP contribution in [0.3, 0.4) is 0 Å². The Hall–Kier alpha value is -3.22. The molecule has 7 atom stereocenters. The molecule has 5 rings (SSSR count). The van der Waals surface area contributed by atoms with Crippen LogP contribution < -0.4 is 5.32 Å². The van der Waals surface area contributed by atoms with Gasteiger partial charge < -0.3 is 14.8 Å². The molecule has 2 aromatic rings. The largest absolute Gasteiger partial charge is 0.462 e. The maximum Gasteiger partial charge on any atom is 0.407 e. The van der Waals surface area contributed by atoms with Gasteiger partial charge in [-0.05, 0) is 94.0 Å². The number of esters is 1. The van der Waals surface area contributed by atoms with E-state index in [1.54, 1.807) is 19.2 Å². The topological polar surface area (TPSA) is 77.5 Å². The summed E-state index contributed by atoms with van der Waals surface area (Å²) in [5, 5.41) is 3.01. The third kappa shape index (κ3) is 5.00. The highest BCUT2D eigenvalue weighted by Crippen LogP contribution is 2.59. The van der Waals surface area contributed by atoms with Crippen molar-refractivity contribution in [2.75, 3.05) is 6.61 Å². The van der Waals surface area contributed by atoms with Gasteiger partial charge in [0.25, 0.3) is 0 Å². The molecule has 196 valence electrons. The Morgan fingerprint density at radius 1 is 1.27 bits per heavy atom. The summed E-state index contributed by atoms with van der Waals surface area (Å²) in [6.07, 6.45) is 8.97. The molecule has 1 N–H and O–H groups in total. The minimum absolute atomic E-state index is 0.0527. The lowest BCUT2D eigenvalue weighted by Gasteiger charge is -2.51. The molecule has 0 spiro atoms. The molecule has 0 unspecified atom stereocenters. The molecule has 1 aliphatic heterocycles. The first-order chi connectivity index (χ1) is 17.8. The van der Waals surface area contributed by atoms with Crippen molar-refractivity contribution >= 4 is 18.1 Å². The zero-order valence-corrected chi connectivity index (χ0v) is 21.7. The average Bonchev–Trinajstić information content (AvgIpc) is 3.09. The average molecular weight is 507 g/mol. The quantitative estimate of drug-likeness (QED) is 0.502. The van der Waals surface area contributed by atoms with Crippen molar-refractivity contribution in [3.05, 3.63) is 60.2 Å². The van der Waals surface area contributed by atoms with E-state index in [1.165, 1.54) is 12.1 Å². The summed E-state index contributed by atoms with van der Waals surface area (Å²) < 4.78 is 24.5. The van der Waals surface area contributed by atoms with Crippen molar-refractivity contribution in [3.8, 4) is 11.1 Å². The number of hydrogen-bond acceptors (Lipinski definition) is 5. The van der Waals surface area contributed by atoms with Crippen LogP contribution in [0.1, 0.15) is 52.1 Å². The molecule has 3 aliphatic rings. The van der Waals surface area contributed by atoms with Gasteiger partial charge in [0.05, 0.1) is 17.7 Å². The molecule has 2 saturated carbocycles. The van der Waals surface area contributed by atoms with Gasteiger partial charge in [-0.3, -0.25) is 9.78 Å². The van der Waals surface area contributed by atoms with E-state index in [1.807, 2.05) is 31.2 Å². The van der Waals surface area contributed by atoms with Crippen molar-refractivity contribution < 1.29 is 23.5 Å². The number of allylic oxidation sites excluding steroid dienone is 1. The third-order valence-corrected chi connectivity index (χ3v) is 8.67. The fourth-order valence-electron chi connectivity index (χ4n) is 7.11. The van der Waals surface area contributed by atoms with Gasteiger partial charge in [-0.25, -0.2) is 9.18 Å². The van der Waals surface area contributed by atoms with Crippen LogP contribution in [0.25, 0.3) is 17.2 Å². The predicted molar refractivity (Wildman–Crippen MR) is 139 cm³/mol. The van der Waals surface area contributed by atoms with E-state index in [0.717, 1.165) is 42.5 Å². The van der Waals surface area contributed by atoms with E-state index < -0.39 is 5.41 Å². The van der Waals surface area contributed by atoms with Gasteiger partial charge >= 0.3 is 12.1 Å². The molecule has 2 aliphatic carbocycles. The number of alkyl carbamates (subject to hydrolysis) is 1. The maximum atomic E-state index is 13.6. The minimum Gasteiger partial charge on any atom is -0.462 e. The van der Waals surface area contributed by atoms with Gasteiger partial charge in [0.2, 0.25) is 0 Å². The SMILES string of the molecule is CCOC(=O)N[C@@H]1CC[C@@H]2[C@@H](C1)C[C@@]1(C)C(=O)O[C@H](C)[C@H]1[C@H]2/C=C/c1ccc(-c2cccc(F)c2)cn1. The van der Waals surface area contributed by atoms with E-state index in [2.05, 4.69) is 23.3 Å². The van der Waals surface area contributed by atoms with Gasteiger partial charge in [0.15, 0.2) is 0 Å². The number of amides is 1. The maximum absolute atomic E-state index is 13.6. The van der Waals surface area contributed by atoms with Crippen LogP contribution in [0.15, 0.2) is 48.7 Å². The summed E-state index contributed by atoms with van der Waals surface area (Å²) in [5.74, 6) is 0.582. The number of ether oxygens (including phenoxy) is 2. The Labute approximate surface area is 217 Å². The zero-order chi connectivity index (χ0) is 26.2. The van der Waals surface area contributed by atoms with Crippen LogP contribution in [0.5, 0.6) is 0 Å². The number of pyridine rings is 1. The van der Waals surface area contributed by atoms with Crippen molar-refractivity contribution in [2.45, 2.75) is 58.6 Å². The summed E-state index contributed by atoms with van der Waals surface area (Å²) in [7, 11) is 0. The van der Waals surface area contributed by atoms with E-state index in [4.69, 9.17) is 9.47 Å². The van der Waals surface area contributed by atoms with Crippen LogP contribution >= 0.6 is 0 Å². The molecule has 1 aromatic carbocycles. The second-order valence-electron chi connectivity index (χ2n) is 11.0. The van der Waals surface area contributed by atoms with Crippen molar-refractivity contribution in [2.24, 2.45) is 29.1 Å². The molecule has 3 fully saturated rings. The number of halogens is 1. The Kier molecular flexibility index (Phi) is 7.06. The normalized spacial score (nSPS) is 32.9. The van der Waals surface area contributed by atoms with Crippen LogP contribution in [0.2, 0.25) is 0 Å². The number of nitrogens with zero attached hydrogens (tertiary/aromatic N) is 1. The van der Waals surface area contributed by atoms with Gasteiger partial charge in [-0.15, -0.1) is 0 Å². The highest BCUT2D eigenvalue weighted by atomic mass is 19.1. The molecule has 0 radical (unpaired) electrons. The standard InChI is InChI=1S/C30H35FN2O4/c1-4-36-29(35)33-24-11-12-25-21(15-24)16-30(3)27(18(2)37-28(30)34)26(25)13-10-23-9-8-20(17-32-23)19-6-5-7-22(31)14-19/h5-10,13-14,17-18,21,24-27H,4,11-12,15-16H2,1-3H3,(H,33,35)/b13-10+/t18-,21+,24-,25-,26+,27+,30-/m1/s1. The zero-order valence-electron chi connectivity index (χ0n) is 21.7. The third-order valence-electron chi connectivity index (χ3n) is 8.67. The van der Waals surface area contributed by atoms with E-state index in [0.29, 0.717) is 18.4 Å². The number of rotatable bonds is 5. The number of carbonyl (C=O) groups is 2. The monoisotopic (exact) mass is 506 g/mol. The Morgan fingerprint density at radius 2 is 2.11 bits per heavy atom. The van der Waals surface area contributed by atoms with Gasteiger partial charge in [0, 0.05) is 23.7 Å². The number of cyclic esters (lactones) is 1. The number of aromatic nitrogens is 1. The number of benzene rings is 1. The molecule has 6 nitrogen and oxygen atoms in total. The molecule has 37 heavy (non-hydrogen) atoms. The molecule has 7 heteroatoms. The second kappa shape index (κ2) is 10.3. The van der Waals surface area contributed by atoms with E-state index in [-0.39, 0.29) is 41.9 Å². The Morgan fingerprint density at radius 3 is 2.84 bits per heavy atom. The lowest BCUT2D eigenvalue weighted by molar-refractivity contribution is -0.150. The summed E-state index contributed by atoms with van der Waals surface area (Å²) >= 11 is 0. The molecule has 1 aromatic heterocycles. The van der Waals surface area contributed by atoms with Crippen LogP contribution in [0, 0.1) is 34.9 Å². The van der Waals surface area contributed by atoms with Crippen molar-refractivity contribution in [1.29, 1.82) is 0 Å². The van der Waals surface area contributed by atoms with E-state index >= 15 is 0 Å². The van der Waals surface area contributed by atoms with Crippen molar-refractivity contribution in [3.63, 3.8) is 0 Å². The highest BCUT2D eigenvalue weighted by molar-refractivity contribution is 5.80. The Balaban J connectivity index is 1.37. The van der Waals surface area contributed by atoms with Gasteiger partial charge in [0.1, 0.15) is 11.9 Å². The highest BCUT2D eigenvalue weighted by Gasteiger charge is 2.61. The number of fused-ring (bicyclic) bond motifs is 2. The lowest BCUT2D eigenvalue weighted by atomic mass is 9.52. The van der Waals surface area contributed by atoms with Crippen LogP contribution in [-0.2, 0) is 14.3 Å². The predicted octanol–water partition coefficient (Wildman–Crippen LogP) is 6.02. The lowest BCUT2D eigenvalue weighted by Crippen LogP contribution is -2.52. The molecule has 2 heterocycles. The van der Waals surface area contributed by atoms with Crippen LogP contribution in [0.4, 0.5) is 9.18 Å². The molecular weight excluding hydrogens is 471 g/mol. The second-order valence-corrected chi connectivity index (χ2v) is 11.0. The molecule has 0 bridgehead atoms. The number of carbonyl (C=O) groups excluding carboxylic acids is 2. The number of hydrogen-bond donors (Lipinski definition) is 1. The fraction of sp³-hybridized carbons (Fsp3) is 0.500. The minimum atomic E-state index is -0.546. The first kappa shape index (κ1) is 25.4. The first-order valence-corrected chi connectivity index (χ1v) is 13.3. The van der Waals surface area contributed by atoms with Gasteiger partial charge in [-0.1, -0.05) is 24.3 Å². The Bertz CT molecular complexity index is 1180. The number of nitrogens with one attached hydrogen (secondary N) is 1. The first-order valence-electron chi connectivity index (χ1n) is 13.3. The molecule has 1 saturated heterocycles. The molecular formula is C30H35FN2O4. The molecule has 1 amide bonds. The van der Waals surface area contributed by atoms with E-state index in [9.17, 15) is 14.0 Å². The fourth-order valence-corrected chi connectivity index (χ4v) is 7.11. The smallest absolute Gasteiger partial charge is 0.407 e. The van der Waals surface area contributed by atoms with Crippen molar-refractivity contribution in [1.82, 2.24) is 10.3 Å². The van der Waals surface area contributed by atoms with Crippen LogP contribution in [-0.4, -0.2) is 35.8 Å². The van der Waals surface area contributed by atoms with Gasteiger partial charge in [-0.2, -0.15) is 0 Å². The summed E-state index contributed by atoms with van der Waals surface area (Å²) in [4.78, 5) is 29.6. The summed E-state index contributed by atoms with van der Waals surface area (Å²) in [6.45, 7) is 6.20. The summed E-state index contributed by atoms with van der Waals surface area (Å²) in [6, 6.07) is 10.4. The summed E-state index contributed by atoms with van der Waals surface area (Å²) in [5.41, 5.74) is 1.92.